The van der Waals surface area contributed by atoms with Gasteiger partial charge in [-0.3, -0.25) is 4.79 Å². The van der Waals surface area contributed by atoms with Gasteiger partial charge in [0.05, 0.1) is 4.90 Å². The maximum Gasteiger partial charge on any atom is 0.303 e. The van der Waals surface area contributed by atoms with Gasteiger partial charge >= 0.3 is 5.97 Å². The van der Waals surface area contributed by atoms with Crippen molar-refractivity contribution in [1.29, 1.82) is 0 Å². The fraction of sp³-hybridized carbons (Fsp3) is 0.357. The number of sulfone groups is 1. The molecule has 0 aliphatic carbocycles. The fourth-order valence-electron chi connectivity index (χ4n) is 1.46. The summed E-state index contributed by atoms with van der Waals surface area (Å²) in [6, 6.07) is 8.11. The molecule has 0 radical (unpaired) electrons. The molecule has 0 spiro atoms. The third-order valence-corrected chi connectivity index (χ3v) is 3.92. The van der Waals surface area contributed by atoms with Gasteiger partial charge in [0.2, 0.25) is 0 Å². The molecule has 0 aromatic heterocycles. The molecule has 4 nitrogen and oxygen atoms in total. The summed E-state index contributed by atoms with van der Waals surface area (Å²) in [5.41, 5.74) is 0. The standard InChI is InChI=1S/C14H18O4S/c1-11(2)14(18-12(3)15)9-10-19(16,17)13-7-5-4-6-8-13/h4-11,14H,1-3H3/b10-9+. The van der Waals surface area contributed by atoms with Crippen LogP contribution in [0.4, 0.5) is 0 Å². The minimum Gasteiger partial charge on any atom is -0.458 e. The number of rotatable bonds is 5. The smallest absolute Gasteiger partial charge is 0.303 e. The quantitative estimate of drug-likeness (QED) is 0.779. The topological polar surface area (TPSA) is 60.4 Å². The molecule has 5 heteroatoms. The molecule has 0 N–H and O–H groups in total. The van der Waals surface area contributed by atoms with E-state index < -0.39 is 21.9 Å². The summed E-state index contributed by atoms with van der Waals surface area (Å²) in [4.78, 5) is 11.2. The van der Waals surface area contributed by atoms with Crippen LogP contribution in [0, 0.1) is 5.92 Å². The molecule has 1 unspecified atom stereocenters. The lowest BCUT2D eigenvalue weighted by molar-refractivity contribution is -0.145. The van der Waals surface area contributed by atoms with Crippen LogP contribution in [-0.4, -0.2) is 20.5 Å². The first-order valence-electron chi connectivity index (χ1n) is 5.98. The molecule has 1 aromatic carbocycles. The number of esters is 1. The van der Waals surface area contributed by atoms with E-state index in [9.17, 15) is 13.2 Å². The zero-order valence-corrected chi connectivity index (χ0v) is 12.1. The van der Waals surface area contributed by atoms with Crippen molar-refractivity contribution in [3.8, 4) is 0 Å². The van der Waals surface area contributed by atoms with E-state index in [4.69, 9.17) is 4.74 Å². The molecule has 0 saturated carbocycles. The summed E-state index contributed by atoms with van der Waals surface area (Å²) in [7, 11) is -3.50. The van der Waals surface area contributed by atoms with Crippen LogP contribution in [0.5, 0.6) is 0 Å². The zero-order chi connectivity index (χ0) is 14.5. The first-order valence-corrected chi connectivity index (χ1v) is 7.53. The average molecular weight is 282 g/mol. The summed E-state index contributed by atoms with van der Waals surface area (Å²) in [5.74, 6) is -0.424. The van der Waals surface area contributed by atoms with Crippen molar-refractivity contribution in [3.63, 3.8) is 0 Å². The molecule has 1 aromatic rings. The van der Waals surface area contributed by atoms with Crippen LogP contribution in [0.2, 0.25) is 0 Å². The maximum atomic E-state index is 12.0. The normalized spacial score (nSPS) is 13.7. The Balaban J connectivity index is 2.92. The van der Waals surface area contributed by atoms with E-state index in [1.807, 2.05) is 13.8 Å². The molecule has 0 fully saturated rings. The summed E-state index contributed by atoms with van der Waals surface area (Å²) < 4.78 is 29.1. The van der Waals surface area contributed by atoms with Gasteiger partial charge in [-0.15, -0.1) is 0 Å². The number of hydrogen-bond acceptors (Lipinski definition) is 4. The summed E-state index contributed by atoms with van der Waals surface area (Å²) in [6.07, 6.45) is 0.866. The summed E-state index contributed by atoms with van der Waals surface area (Å²) in [5, 5.41) is 1.09. The monoisotopic (exact) mass is 282 g/mol. The lowest BCUT2D eigenvalue weighted by Crippen LogP contribution is -2.20. The van der Waals surface area contributed by atoms with Gasteiger partial charge in [-0.25, -0.2) is 8.42 Å². The van der Waals surface area contributed by atoms with Gasteiger partial charge in [-0.2, -0.15) is 0 Å². The SMILES string of the molecule is CC(=O)OC(/C=C/S(=O)(=O)c1ccccc1)C(C)C. The lowest BCUT2D eigenvalue weighted by atomic mass is 10.1. The second kappa shape index (κ2) is 6.52. The first-order chi connectivity index (χ1) is 8.83. The Hall–Kier alpha value is -1.62. The fourth-order valence-corrected chi connectivity index (χ4v) is 2.51. The predicted molar refractivity (Wildman–Crippen MR) is 73.2 cm³/mol. The number of carbonyl (C=O) groups is 1. The largest absolute Gasteiger partial charge is 0.458 e. The van der Waals surface area contributed by atoms with E-state index in [0.29, 0.717) is 0 Å². The molecule has 1 atom stereocenters. The molecule has 0 amide bonds. The van der Waals surface area contributed by atoms with Gasteiger partial charge in [-0.1, -0.05) is 32.0 Å². The van der Waals surface area contributed by atoms with Crippen molar-refractivity contribution in [2.45, 2.75) is 31.8 Å². The van der Waals surface area contributed by atoms with E-state index in [1.54, 1.807) is 18.2 Å². The molecule has 0 saturated heterocycles. The Morgan fingerprint density at radius 1 is 1.21 bits per heavy atom. The van der Waals surface area contributed by atoms with E-state index in [-0.39, 0.29) is 10.8 Å². The van der Waals surface area contributed by atoms with Crippen molar-refractivity contribution in [2.75, 3.05) is 0 Å². The van der Waals surface area contributed by atoms with Crippen molar-refractivity contribution < 1.29 is 17.9 Å². The molecular weight excluding hydrogens is 264 g/mol. The molecule has 0 aliphatic heterocycles. The Morgan fingerprint density at radius 2 is 1.79 bits per heavy atom. The maximum absolute atomic E-state index is 12.0. The van der Waals surface area contributed by atoms with Crippen LogP contribution in [0.15, 0.2) is 46.7 Å². The molecule has 104 valence electrons. The van der Waals surface area contributed by atoms with Crippen LogP contribution in [-0.2, 0) is 19.4 Å². The highest BCUT2D eigenvalue weighted by molar-refractivity contribution is 7.94. The van der Waals surface area contributed by atoms with Gasteiger partial charge in [0.1, 0.15) is 6.10 Å². The third-order valence-electron chi connectivity index (χ3n) is 2.48. The molecule has 0 bridgehead atoms. The van der Waals surface area contributed by atoms with Gasteiger partial charge in [0.25, 0.3) is 0 Å². The van der Waals surface area contributed by atoms with Crippen LogP contribution >= 0.6 is 0 Å². The molecule has 19 heavy (non-hydrogen) atoms. The predicted octanol–water partition coefficient (Wildman–Crippen LogP) is 2.56. The second-order valence-electron chi connectivity index (χ2n) is 4.50. The third kappa shape index (κ3) is 4.87. The Labute approximate surface area is 114 Å². The first kappa shape index (κ1) is 15.4. The zero-order valence-electron chi connectivity index (χ0n) is 11.2. The van der Waals surface area contributed by atoms with Gasteiger partial charge in [-0.05, 0) is 24.1 Å². The summed E-state index contributed by atoms with van der Waals surface area (Å²) >= 11 is 0. The number of benzene rings is 1. The van der Waals surface area contributed by atoms with Gasteiger partial charge in [0, 0.05) is 12.3 Å². The van der Waals surface area contributed by atoms with E-state index in [0.717, 1.165) is 5.41 Å². The number of hydrogen-bond donors (Lipinski definition) is 0. The molecule has 0 aliphatic rings. The number of ether oxygens (including phenoxy) is 1. The van der Waals surface area contributed by atoms with E-state index >= 15 is 0 Å². The minimum atomic E-state index is -3.50. The van der Waals surface area contributed by atoms with Crippen LogP contribution in [0.3, 0.4) is 0 Å². The number of carbonyl (C=O) groups excluding carboxylic acids is 1. The Kier molecular flexibility index (Phi) is 5.30. The molecule has 0 heterocycles. The summed E-state index contributed by atoms with van der Waals surface area (Å²) in [6.45, 7) is 5.01. The van der Waals surface area contributed by atoms with E-state index in [2.05, 4.69) is 0 Å². The molecular formula is C14H18O4S. The highest BCUT2D eigenvalue weighted by atomic mass is 32.2. The highest BCUT2D eigenvalue weighted by Gasteiger charge is 2.16. The van der Waals surface area contributed by atoms with Crippen LogP contribution in [0.25, 0.3) is 0 Å². The highest BCUT2D eigenvalue weighted by Crippen LogP contribution is 2.14. The van der Waals surface area contributed by atoms with Crippen molar-refractivity contribution in [2.24, 2.45) is 5.92 Å². The van der Waals surface area contributed by atoms with Gasteiger partial charge < -0.3 is 4.74 Å². The van der Waals surface area contributed by atoms with Crippen LogP contribution < -0.4 is 0 Å². The molecule has 1 rings (SSSR count). The lowest BCUT2D eigenvalue weighted by Gasteiger charge is -2.16. The van der Waals surface area contributed by atoms with Crippen LogP contribution in [0.1, 0.15) is 20.8 Å². The second-order valence-corrected chi connectivity index (χ2v) is 6.34. The van der Waals surface area contributed by atoms with E-state index in [1.165, 1.54) is 25.1 Å². The average Bonchev–Trinajstić information content (AvgIpc) is 2.35. The van der Waals surface area contributed by atoms with Crippen molar-refractivity contribution >= 4 is 15.8 Å². The Bertz CT molecular complexity index is 544. The van der Waals surface area contributed by atoms with Crippen molar-refractivity contribution in [1.82, 2.24) is 0 Å². The Morgan fingerprint density at radius 3 is 2.26 bits per heavy atom. The van der Waals surface area contributed by atoms with Crippen molar-refractivity contribution in [3.05, 3.63) is 41.8 Å². The van der Waals surface area contributed by atoms with Gasteiger partial charge in [0.15, 0.2) is 9.84 Å². The minimum absolute atomic E-state index is 0.00567.